The van der Waals surface area contributed by atoms with Gasteiger partial charge in [-0.3, -0.25) is 4.79 Å². The van der Waals surface area contributed by atoms with Gasteiger partial charge in [-0.05, 0) is 79.6 Å². The number of allylic oxidation sites excluding steroid dienone is 7. The van der Waals surface area contributed by atoms with Crippen LogP contribution in [0.5, 0.6) is 5.06 Å². The average molecular weight is 556 g/mol. The van der Waals surface area contributed by atoms with Crippen LogP contribution in [-0.4, -0.2) is 12.4 Å². The molecule has 0 saturated heterocycles. The van der Waals surface area contributed by atoms with Gasteiger partial charge in [-0.25, -0.2) is 0 Å². The molecular weight excluding hydrogens is 508 g/mol. The number of thioether (sulfide) groups is 1. The molecule has 0 spiro atoms. The molecule has 1 unspecified atom stereocenters. The van der Waals surface area contributed by atoms with Gasteiger partial charge in [-0.2, -0.15) is 0 Å². The predicted octanol–water partition coefficient (Wildman–Crippen LogP) is 9.59. The van der Waals surface area contributed by atoms with Gasteiger partial charge in [0.2, 0.25) is 0 Å². The van der Waals surface area contributed by atoms with E-state index in [0.29, 0.717) is 17.1 Å². The first-order valence-corrected chi connectivity index (χ1v) is 16.4. The van der Waals surface area contributed by atoms with E-state index in [2.05, 4.69) is 20.8 Å². The summed E-state index contributed by atoms with van der Waals surface area (Å²) in [7, 11) is 0. The molecule has 1 aliphatic carbocycles. The molecule has 210 valence electrons. The monoisotopic (exact) mass is 555 g/mol. The minimum absolute atomic E-state index is 0.127. The van der Waals surface area contributed by atoms with Gasteiger partial charge in [0, 0.05) is 21.6 Å². The van der Waals surface area contributed by atoms with Crippen LogP contribution in [0.15, 0.2) is 38.9 Å². The number of rotatable bonds is 16. The van der Waals surface area contributed by atoms with Crippen LogP contribution >= 0.6 is 23.1 Å². The zero-order valence-corrected chi connectivity index (χ0v) is 26.1. The molecule has 1 aromatic heterocycles. The Labute approximate surface area is 239 Å². The summed E-state index contributed by atoms with van der Waals surface area (Å²) in [6, 6.07) is 0. The Kier molecular flexibility index (Phi) is 12.3. The summed E-state index contributed by atoms with van der Waals surface area (Å²) < 4.78 is 6.42. The van der Waals surface area contributed by atoms with Gasteiger partial charge in [-0.15, -0.1) is 0 Å². The van der Waals surface area contributed by atoms with Crippen LogP contribution in [0.25, 0.3) is 5.57 Å². The maximum absolute atomic E-state index is 13.2. The van der Waals surface area contributed by atoms with Crippen molar-refractivity contribution in [1.29, 1.82) is 0 Å². The zero-order chi connectivity index (χ0) is 27.7. The predicted molar refractivity (Wildman–Crippen MR) is 164 cm³/mol. The summed E-state index contributed by atoms with van der Waals surface area (Å²) in [4.78, 5) is 16.2. The normalized spacial score (nSPS) is 16.5. The summed E-state index contributed by atoms with van der Waals surface area (Å²) in [5.74, 6) is 0.309. The summed E-state index contributed by atoms with van der Waals surface area (Å²) in [6.07, 6.45) is 19.4. The van der Waals surface area contributed by atoms with Gasteiger partial charge < -0.3 is 9.84 Å². The first-order valence-electron chi connectivity index (χ1n) is 14.8. The molecule has 2 heterocycles. The molecular formula is C33H47O3S2-. The minimum Gasteiger partial charge on any atom is -0.871 e. The quantitative estimate of drug-likeness (QED) is 0.150. The van der Waals surface area contributed by atoms with Crippen LogP contribution < -0.4 is 9.84 Å². The third-order valence-electron chi connectivity index (χ3n) is 7.75. The van der Waals surface area contributed by atoms with Crippen LogP contribution in [0.3, 0.4) is 0 Å². The van der Waals surface area contributed by atoms with Crippen molar-refractivity contribution in [1.82, 2.24) is 0 Å². The number of Topliss-reactive ketones (excluding diaryl/α,β-unsaturated/α-hetero) is 1. The van der Waals surface area contributed by atoms with Gasteiger partial charge >= 0.3 is 0 Å². The van der Waals surface area contributed by atoms with Crippen molar-refractivity contribution in [3.63, 3.8) is 0 Å². The molecule has 1 atom stereocenters. The smallest absolute Gasteiger partial charge is 0.193 e. The van der Waals surface area contributed by atoms with Crippen molar-refractivity contribution < 1.29 is 14.6 Å². The number of carbonyl (C=O) groups excluding carboxylic acids is 1. The number of carbonyl (C=O) groups is 1. The molecule has 1 aromatic rings. The second kappa shape index (κ2) is 15.2. The first-order chi connectivity index (χ1) is 18.3. The molecule has 3 nitrogen and oxygen atoms in total. The fourth-order valence-electron chi connectivity index (χ4n) is 5.32. The van der Waals surface area contributed by atoms with E-state index >= 15 is 0 Å². The van der Waals surface area contributed by atoms with Gasteiger partial charge in [0.05, 0.1) is 6.61 Å². The van der Waals surface area contributed by atoms with E-state index in [1.54, 1.807) is 11.8 Å². The summed E-state index contributed by atoms with van der Waals surface area (Å²) in [6.45, 7) is 13.3. The van der Waals surface area contributed by atoms with Crippen LogP contribution in [0.4, 0.5) is 0 Å². The molecule has 2 aliphatic rings. The third kappa shape index (κ3) is 7.91. The van der Waals surface area contributed by atoms with Crippen molar-refractivity contribution in [2.45, 2.75) is 119 Å². The Balaban J connectivity index is 1.70. The maximum Gasteiger partial charge on any atom is 0.193 e. The van der Waals surface area contributed by atoms with Crippen molar-refractivity contribution in [3.8, 4) is 5.06 Å². The lowest BCUT2D eigenvalue weighted by Gasteiger charge is -2.32. The molecule has 5 heteroatoms. The van der Waals surface area contributed by atoms with Crippen molar-refractivity contribution in [3.05, 3.63) is 54.9 Å². The van der Waals surface area contributed by atoms with Crippen molar-refractivity contribution >= 4 is 34.5 Å². The number of hydrogen-bond donors (Lipinski definition) is 0. The Morgan fingerprint density at radius 1 is 0.789 bits per heavy atom. The zero-order valence-electron chi connectivity index (χ0n) is 24.5. The van der Waals surface area contributed by atoms with Crippen LogP contribution in [0, 0.1) is 19.8 Å². The molecule has 0 aromatic carbocycles. The molecule has 0 fully saturated rings. The van der Waals surface area contributed by atoms with Gasteiger partial charge in [-0.1, -0.05) is 107 Å². The van der Waals surface area contributed by atoms with Gasteiger partial charge in [0.1, 0.15) is 0 Å². The first kappa shape index (κ1) is 30.8. The topological polar surface area (TPSA) is 49.4 Å². The van der Waals surface area contributed by atoms with E-state index in [-0.39, 0.29) is 11.5 Å². The van der Waals surface area contributed by atoms with Crippen LogP contribution in [0.1, 0.15) is 121 Å². The van der Waals surface area contributed by atoms with E-state index in [4.69, 9.17) is 4.74 Å². The average Bonchev–Trinajstić information content (AvgIpc) is 3.14. The molecule has 3 rings (SSSR count). The van der Waals surface area contributed by atoms with E-state index in [9.17, 15) is 9.90 Å². The fraction of sp³-hybridized carbons (Fsp3) is 0.606. The van der Waals surface area contributed by atoms with Crippen LogP contribution in [0.2, 0.25) is 0 Å². The Bertz CT molecular complexity index is 1080. The summed E-state index contributed by atoms with van der Waals surface area (Å²) in [5.41, 5.74) is 3.48. The number of hydrogen-bond acceptors (Lipinski definition) is 5. The summed E-state index contributed by atoms with van der Waals surface area (Å²) >= 11 is 3.15. The summed E-state index contributed by atoms with van der Waals surface area (Å²) in [5, 5.41) is 14.1. The molecule has 0 amide bonds. The van der Waals surface area contributed by atoms with Crippen molar-refractivity contribution in [2.24, 2.45) is 5.92 Å². The molecule has 0 N–H and O–H groups in total. The number of thiophene rings is 1. The lowest BCUT2D eigenvalue weighted by molar-refractivity contribution is -0.297. The largest absolute Gasteiger partial charge is 0.871 e. The van der Waals surface area contributed by atoms with Crippen LogP contribution in [-0.2, 0) is 4.79 Å². The highest BCUT2D eigenvalue weighted by atomic mass is 32.2. The number of ketones is 1. The van der Waals surface area contributed by atoms with E-state index in [0.717, 1.165) is 43.1 Å². The highest BCUT2D eigenvalue weighted by molar-refractivity contribution is 8.06. The SMILES string of the molecule is CCCCCCCCC(CCCCCC)COc1sc(C2=C([O-])C(=C3C=C(C)SC(C)=C3)C2=O)c(C)c1C. The highest BCUT2D eigenvalue weighted by Gasteiger charge is 2.33. The second-order valence-electron chi connectivity index (χ2n) is 11.0. The molecule has 1 aliphatic heterocycles. The number of unbranched alkanes of at least 4 members (excludes halogenated alkanes) is 8. The molecule has 38 heavy (non-hydrogen) atoms. The van der Waals surface area contributed by atoms with E-state index in [1.165, 1.54) is 88.4 Å². The fourth-order valence-corrected chi connectivity index (χ4v) is 7.41. The molecule has 0 bridgehead atoms. The Hall–Kier alpha value is -1.72. The van der Waals surface area contributed by atoms with Gasteiger partial charge in [0.15, 0.2) is 10.8 Å². The standard InChI is InChI=1S/C33H48O3S2/c1-7-9-11-13-14-16-18-26(17-15-12-10-8-2)21-36-33-25(6)24(5)32(38-33)29-30(34)28(31(29)35)27-19-22(3)37-23(4)20-27/h19-20,26,34H,7-18,21H2,1-6H3/p-1. The van der Waals surface area contributed by atoms with E-state index < -0.39 is 0 Å². The van der Waals surface area contributed by atoms with Crippen molar-refractivity contribution in [2.75, 3.05) is 6.61 Å². The molecule has 0 saturated carbocycles. The van der Waals surface area contributed by atoms with Gasteiger partial charge in [0.25, 0.3) is 0 Å². The lowest BCUT2D eigenvalue weighted by Crippen LogP contribution is -2.30. The second-order valence-corrected chi connectivity index (χ2v) is 13.5. The highest BCUT2D eigenvalue weighted by Crippen LogP contribution is 2.46. The number of ether oxygens (including phenoxy) is 1. The Morgan fingerprint density at radius 2 is 1.34 bits per heavy atom. The minimum atomic E-state index is -0.127. The third-order valence-corrected chi connectivity index (χ3v) is 9.95. The Morgan fingerprint density at radius 3 is 1.92 bits per heavy atom. The maximum atomic E-state index is 13.2. The lowest BCUT2D eigenvalue weighted by atomic mass is 9.82. The van der Waals surface area contributed by atoms with E-state index in [1.807, 2.05) is 32.9 Å². The molecule has 0 radical (unpaired) electrons.